The predicted octanol–water partition coefficient (Wildman–Crippen LogP) is 3.93. The highest BCUT2D eigenvalue weighted by Gasteiger charge is 2.52. The van der Waals surface area contributed by atoms with Gasteiger partial charge in [0.2, 0.25) is 0 Å². The molecule has 1 aromatic heterocycles. The molecule has 132 valence electrons. The summed E-state index contributed by atoms with van der Waals surface area (Å²) < 4.78 is 32.2. The number of benzene rings is 1. The van der Waals surface area contributed by atoms with Crippen LogP contribution in [0.15, 0.2) is 30.3 Å². The van der Waals surface area contributed by atoms with E-state index in [0.717, 1.165) is 11.4 Å². The molecule has 0 saturated carbocycles. The van der Waals surface area contributed by atoms with Crippen molar-refractivity contribution in [2.45, 2.75) is 52.7 Å². The number of halogens is 1. The highest BCUT2D eigenvalue weighted by Crippen LogP contribution is 2.36. The van der Waals surface area contributed by atoms with Crippen molar-refractivity contribution < 1.29 is 18.4 Å². The first-order chi connectivity index (χ1) is 11.6. The molecule has 0 bridgehead atoms. The number of nitrogens with zero attached hydrogens (tertiary/aromatic N) is 1. The number of rotatable bonds is 3. The zero-order valence-electron chi connectivity index (χ0n) is 15.5. The molecule has 2 heterocycles. The molecular weight excluding hydrogens is 320 g/mol. The molecule has 4 nitrogen and oxygen atoms in total. The Morgan fingerprint density at radius 1 is 0.920 bits per heavy atom. The molecule has 1 fully saturated rings. The summed E-state index contributed by atoms with van der Waals surface area (Å²) in [6.45, 7) is 11.5. The second kappa shape index (κ2) is 6.11. The lowest BCUT2D eigenvalue weighted by Gasteiger charge is -2.32. The normalized spacial score (nSPS) is 18.4. The Morgan fingerprint density at radius 2 is 1.48 bits per heavy atom. The summed E-state index contributed by atoms with van der Waals surface area (Å²) in [6, 6.07) is 8.34. The van der Waals surface area contributed by atoms with Crippen molar-refractivity contribution in [2.75, 3.05) is 0 Å². The maximum absolute atomic E-state index is 14.6. The molecule has 0 N–H and O–H groups in total. The molecule has 1 aliphatic heterocycles. The standard InChI is InChI=1S/C19H23BFNO3/c1-12-9-15(10-13(2)22-12)23-14-7-8-16(17(21)11-14)20-24-18(3,4)19(5,6)25-20/h7-11H,1-6H3. The number of ether oxygens (including phenoxy) is 1. The van der Waals surface area contributed by atoms with Crippen molar-refractivity contribution in [2.24, 2.45) is 0 Å². The van der Waals surface area contributed by atoms with Gasteiger partial charge in [0, 0.05) is 35.0 Å². The van der Waals surface area contributed by atoms with Crippen LogP contribution in [-0.2, 0) is 9.31 Å². The fourth-order valence-electron chi connectivity index (χ4n) is 2.72. The molecule has 0 aliphatic carbocycles. The summed E-state index contributed by atoms with van der Waals surface area (Å²) >= 11 is 0. The van der Waals surface area contributed by atoms with Crippen LogP contribution < -0.4 is 10.2 Å². The maximum atomic E-state index is 14.6. The van der Waals surface area contributed by atoms with Gasteiger partial charge >= 0.3 is 7.12 Å². The number of hydrogen-bond donors (Lipinski definition) is 0. The molecule has 1 aliphatic rings. The van der Waals surface area contributed by atoms with Crippen LogP contribution in [0.5, 0.6) is 11.5 Å². The Labute approximate surface area is 148 Å². The molecule has 1 aromatic carbocycles. The van der Waals surface area contributed by atoms with Gasteiger partial charge < -0.3 is 14.0 Å². The van der Waals surface area contributed by atoms with Crippen LogP contribution >= 0.6 is 0 Å². The first-order valence-electron chi connectivity index (χ1n) is 8.36. The minimum absolute atomic E-state index is 0.369. The van der Waals surface area contributed by atoms with E-state index in [0.29, 0.717) is 17.0 Å². The lowest BCUT2D eigenvalue weighted by atomic mass is 9.78. The van der Waals surface area contributed by atoms with Crippen LogP contribution in [0.1, 0.15) is 39.1 Å². The number of aryl methyl sites for hydroxylation is 2. The molecular formula is C19H23BFNO3. The van der Waals surface area contributed by atoms with Gasteiger partial charge in [-0.3, -0.25) is 4.98 Å². The van der Waals surface area contributed by atoms with Gasteiger partial charge in [-0.15, -0.1) is 0 Å². The van der Waals surface area contributed by atoms with Gasteiger partial charge in [-0.05, 0) is 47.6 Å². The SMILES string of the molecule is Cc1cc(Oc2ccc(B3OC(C)(C)C(C)(C)O3)c(F)c2)cc(C)n1. The quantitative estimate of drug-likeness (QED) is 0.792. The largest absolute Gasteiger partial charge is 0.497 e. The summed E-state index contributed by atoms with van der Waals surface area (Å²) in [4.78, 5) is 4.30. The average Bonchev–Trinajstić information content (AvgIpc) is 2.66. The van der Waals surface area contributed by atoms with Crippen molar-refractivity contribution in [1.29, 1.82) is 0 Å². The monoisotopic (exact) mass is 343 g/mol. The second-order valence-corrected chi connectivity index (χ2v) is 7.46. The topological polar surface area (TPSA) is 40.6 Å². The van der Waals surface area contributed by atoms with E-state index in [9.17, 15) is 4.39 Å². The van der Waals surface area contributed by atoms with Crippen molar-refractivity contribution in [3.05, 3.63) is 47.5 Å². The molecule has 0 atom stereocenters. The Bertz CT molecular complexity index is 771. The summed E-state index contributed by atoms with van der Waals surface area (Å²) in [5, 5.41) is 0. The van der Waals surface area contributed by atoms with E-state index in [1.807, 2.05) is 53.7 Å². The fourth-order valence-corrected chi connectivity index (χ4v) is 2.72. The third-order valence-electron chi connectivity index (χ3n) is 4.77. The Kier molecular flexibility index (Phi) is 4.37. The van der Waals surface area contributed by atoms with Crippen molar-refractivity contribution in [1.82, 2.24) is 4.98 Å². The first-order valence-corrected chi connectivity index (χ1v) is 8.36. The van der Waals surface area contributed by atoms with Crippen LogP contribution in [0.4, 0.5) is 4.39 Å². The molecule has 3 rings (SSSR count). The van der Waals surface area contributed by atoms with E-state index in [2.05, 4.69) is 4.98 Å². The van der Waals surface area contributed by atoms with E-state index in [1.165, 1.54) is 6.07 Å². The average molecular weight is 343 g/mol. The van der Waals surface area contributed by atoms with E-state index >= 15 is 0 Å². The van der Waals surface area contributed by atoms with E-state index in [4.69, 9.17) is 14.0 Å². The predicted molar refractivity (Wildman–Crippen MR) is 95.9 cm³/mol. The highest BCUT2D eigenvalue weighted by molar-refractivity contribution is 6.62. The lowest BCUT2D eigenvalue weighted by Crippen LogP contribution is -2.41. The number of pyridine rings is 1. The van der Waals surface area contributed by atoms with Gasteiger partial charge in [-0.2, -0.15) is 0 Å². The minimum Gasteiger partial charge on any atom is -0.457 e. The van der Waals surface area contributed by atoms with Gasteiger partial charge in [0.05, 0.1) is 11.2 Å². The maximum Gasteiger partial charge on any atom is 0.497 e. The van der Waals surface area contributed by atoms with Crippen LogP contribution in [0.3, 0.4) is 0 Å². The fraction of sp³-hybridized carbons (Fsp3) is 0.421. The van der Waals surface area contributed by atoms with Gasteiger partial charge in [-0.25, -0.2) is 4.39 Å². The first kappa shape index (κ1) is 17.9. The smallest absolute Gasteiger partial charge is 0.457 e. The summed E-state index contributed by atoms with van der Waals surface area (Å²) in [5.41, 5.74) is 1.05. The molecule has 0 spiro atoms. The summed E-state index contributed by atoms with van der Waals surface area (Å²) in [7, 11) is -0.732. The molecule has 0 radical (unpaired) electrons. The van der Waals surface area contributed by atoms with Crippen molar-refractivity contribution in [3.63, 3.8) is 0 Å². The summed E-state index contributed by atoms with van der Waals surface area (Å²) in [5.74, 6) is 0.633. The van der Waals surface area contributed by atoms with E-state index in [1.54, 1.807) is 12.1 Å². The van der Waals surface area contributed by atoms with Gasteiger partial charge in [0.15, 0.2) is 0 Å². The Morgan fingerprint density at radius 3 is 2.00 bits per heavy atom. The third-order valence-corrected chi connectivity index (χ3v) is 4.77. The molecule has 6 heteroatoms. The molecule has 0 unspecified atom stereocenters. The van der Waals surface area contributed by atoms with Gasteiger partial charge in [0.1, 0.15) is 17.3 Å². The Balaban J connectivity index is 1.82. The molecule has 0 amide bonds. The Hall–Kier alpha value is -1.92. The second-order valence-electron chi connectivity index (χ2n) is 7.46. The van der Waals surface area contributed by atoms with Crippen molar-refractivity contribution >= 4 is 12.6 Å². The molecule has 1 saturated heterocycles. The van der Waals surface area contributed by atoms with E-state index in [-0.39, 0.29) is 0 Å². The minimum atomic E-state index is -0.732. The van der Waals surface area contributed by atoms with Crippen molar-refractivity contribution in [3.8, 4) is 11.5 Å². The lowest BCUT2D eigenvalue weighted by molar-refractivity contribution is 0.00578. The number of aromatic nitrogens is 1. The van der Waals surface area contributed by atoms with Crippen LogP contribution in [-0.4, -0.2) is 23.3 Å². The third kappa shape index (κ3) is 3.55. The zero-order chi connectivity index (χ0) is 18.4. The van der Waals surface area contributed by atoms with Gasteiger partial charge in [-0.1, -0.05) is 6.07 Å². The summed E-state index contributed by atoms with van der Waals surface area (Å²) in [6.07, 6.45) is 0. The number of hydrogen-bond acceptors (Lipinski definition) is 4. The van der Waals surface area contributed by atoms with Crippen LogP contribution in [0, 0.1) is 19.7 Å². The highest BCUT2D eigenvalue weighted by atomic mass is 19.1. The van der Waals surface area contributed by atoms with Gasteiger partial charge in [0.25, 0.3) is 0 Å². The molecule has 2 aromatic rings. The zero-order valence-corrected chi connectivity index (χ0v) is 15.5. The van der Waals surface area contributed by atoms with Crippen LogP contribution in [0.25, 0.3) is 0 Å². The van der Waals surface area contributed by atoms with Crippen LogP contribution in [0.2, 0.25) is 0 Å². The van der Waals surface area contributed by atoms with E-state index < -0.39 is 24.1 Å². The molecule has 25 heavy (non-hydrogen) atoms.